The van der Waals surface area contributed by atoms with Crippen molar-refractivity contribution in [2.45, 2.75) is 19.8 Å². The molecule has 0 saturated carbocycles. The van der Waals surface area contributed by atoms with Crippen LogP contribution in [0.25, 0.3) is 0 Å². The zero-order valence-electron chi connectivity index (χ0n) is 6.09. The largest absolute Gasteiger partial charge is 0.403 e. The van der Waals surface area contributed by atoms with Crippen molar-refractivity contribution in [2.75, 3.05) is 7.05 Å². The Kier molecular flexibility index (Phi) is 3.88. The Bertz CT molecular complexity index is 96.5. The highest BCUT2D eigenvalue weighted by Crippen LogP contribution is 2.02. The number of hydrogen-bond donors (Lipinski definition) is 2. The predicted molar refractivity (Wildman–Crippen MR) is 39.1 cm³/mol. The second-order valence-electron chi connectivity index (χ2n) is 2.02. The third-order valence-corrected chi connectivity index (χ3v) is 1.15. The van der Waals surface area contributed by atoms with Gasteiger partial charge in [0.1, 0.15) is 0 Å². The average Bonchev–Trinajstić information content (AvgIpc) is 1.82. The number of nitrogens with zero attached hydrogens (tertiary/aromatic N) is 1. The lowest BCUT2D eigenvalue weighted by Crippen LogP contribution is -2.25. The standard InChI is InChI=1S/C6H15N3/c1-3-4-6(5-7)9(2)8/h5H,3-4,7-8H2,1-2H3/b6-5-. The number of allylic oxidation sites excluding steroid dienone is 1. The highest BCUT2D eigenvalue weighted by molar-refractivity contribution is 4.94. The third-order valence-electron chi connectivity index (χ3n) is 1.15. The van der Waals surface area contributed by atoms with E-state index in [1.807, 2.05) is 0 Å². The van der Waals surface area contributed by atoms with E-state index < -0.39 is 0 Å². The van der Waals surface area contributed by atoms with Crippen LogP contribution in [0.15, 0.2) is 11.9 Å². The maximum absolute atomic E-state index is 5.42. The molecule has 0 spiro atoms. The van der Waals surface area contributed by atoms with Crippen molar-refractivity contribution in [3.05, 3.63) is 11.9 Å². The first-order chi connectivity index (χ1) is 4.22. The Morgan fingerprint density at radius 1 is 1.67 bits per heavy atom. The summed E-state index contributed by atoms with van der Waals surface area (Å²) in [5.74, 6) is 5.42. The highest BCUT2D eigenvalue weighted by atomic mass is 15.4. The van der Waals surface area contributed by atoms with Crippen LogP contribution < -0.4 is 11.6 Å². The number of hydrazine groups is 1. The van der Waals surface area contributed by atoms with E-state index in [4.69, 9.17) is 11.6 Å². The second kappa shape index (κ2) is 4.21. The maximum atomic E-state index is 5.42. The minimum absolute atomic E-state index is 0.948. The van der Waals surface area contributed by atoms with Crippen LogP contribution >= 0.6 is 0 Å². The minimum atomic E-state index is 0.948. The van der Waals surface area contributed by atoms with Crippen LogP contribution in [0.1, 0.15) is 19.8 Å². The summed E-state index contributed by atoms with van der Waals surface area (Å²) in [6.45, 7) is 2.09. The van der Waals surface area contributed by atoms with Crippen LogP contribution in [0, 0.1) is 0 Å². The van der Waals surface area contributed by atoms with Gasteiger partial charge in [0.05, 0.1) is 0 Å². The van der Waals surface area contributed by atoms with Crippen LogP contribution in [0.4, 0.5) is 0 Å². The molecule has 9 heavy (non-hydrogen) atoms. The van der Waals surface area contributed by atoms with E-state index in [1.165, 1.54) is 0 Å². The normalized spacial score (nSPS) is 11.7. The molecule has 3 nitrogen and oxygen atoms in total. The van der Waals surface area contributed by atoms with Gasteiger partial charge in [0.15, 0.2) is 0 Å². The van der Waals surface area contributed by atoms with E-state index >= 15 is 0 Å². The number of rotatable bonds is 3. The zero-order chi connectivity index (χ0) is 7.28. The van der Waals surface area contributed by atoms with E-state index in [-0.39, 0.29) is 0 Å². The quantitative estimate of drug-likeness (QED) is 0.428. The predicted octanol–water partition coefficient (Wildman–Crippen LogP) is 0.392. The highest BCUT2D eigenvalue weighted by Gasteiger charge is 1.94. The molecule has 0 unspecified atom stereocenters. The Morgan fingerprint density at radius 3 is 2.33 bits per heavy atom. The minimum Gasteiger partial charge on any atom is -0.403 e. The van der Waals surface area contributed by atoms with Crippen molar-refractivity contribution in [2.24, 2.45) is 11.6 Å². The molecule has 0 fully saturated rings. The monoisotopic (exact) mass is 129 g/mol. The fourth-order valence-electron chi connectivity index (χ4n) is 0.633. The first kappa shape index (κ1) is 8.30. The summed E-state index contributed by atoms with van der Waals surface area (Å²) in [6, 6.07) is 0. The molecule has 0 saturated heterocycles. The zero-order valence-corrected chi connectivity index (χ0v) is 6.09. The van der Waals surface area contributed by atoms with E-state index in [9.17, 15) is 0 Å². The summed E-state index contributed by atoms with van der Waals surface area (Å²) in [5.41, 5.74) is 6.26. The second-order valence-corrected chi connectivity index (χ2v) is 2.02. The smallest absolute Gasteiger partial charge is 0.0442 e. The molecular weight excluding hydrogens is 114 g/mol. The van der Waals surface area contributed by atoms with Gasteiger partial charge in [-0.2, -0.15) is 0 Å². The fraction of sp³-hybridized carbons (Fsp3) is 0.667. The summed E-state index contributed by atoms with van der Waals surface area (Å²) >= 11 is 0. The summed E-state index contributed by atoms with van der Waals surface area (Å²) in [5, 5.41) is 1.55. The van der Waals surface area contributed by atoms with Gasteiger partial charge in [-0.1, -0.05) is 13.3 Å². The summed E-state index contributed by atoms with van der Waals surface area (Å²) < 4.78 is 0. The fourth-order valence-corrected chi connectivity index (χ4v) is 0.633. The molecule has 54 valence electrons. The van der Waals surface area contributed by atoms with Crippen LogP contribution in [-0.2, 0) is 0 Å². The third kappa shape index (κ3) is 2.98. The van der Waals surface area contributed by atoms with Gasteiger partial charge in [-0.3, -0.25) is 0 Å². The van der Waals surface area contributed by atoms with Crippen molar-refractivity contribution in [1.82, 2.24) is 5.01 Å². The summed E-state index contributed by atoms with van der Waals surface area (Å²) in [6.07, 6.45) is 3.57. The van der Waals surface area contributed by atoms with Crippen LogP contribution in [0.5, 0.6) is 0 Å². The van der Waals surface area contributed by atoms with Gasteiger partial charge in [0, 0.05) is 18.9 Å². The van der Waals surface area contributed by atoms with E-state index in [2.05, 4.69) is 6.92 Å². The molecule has 0 aliphatic heterocycles. The van der Waals surface area contributed by atoms with Gasteiger partial charge in [0.2, 0.25) is 0 Å². The van der Waals surface area contributed by atoms with Gasteiger partial charge in [-0.15, -0.1) is 0 Å². The van der Waals surface area contributed by atoms with Crippen molar-refractivity contribution >= 4 is 0 Å². The topological polar surface area (TPSA) is 55.3 Å². The average molecular weight is 129 g/mol. The van der Waals surface area contributed by atoms with Gasteiger partial charge in [-0.05, 0) is 6.42 Å². The van der Waals surface area contributed by atoms with Crippen LogP contribution in [-0.4, -0.2) is 12.1 Å². The molecule has 0 aliphatic rings. The molecular formula is C6H15N3. The molecule has 0 aromatic heterocycles. The van der Waals surface area contributed by atoms with Gasteiger partial charge < -0.3 is 10.7 Å². The Hall–Kier alpha value is -0.700. The molecule has 0 rings (SSSR count). The first-order valence-electron chi connectivity index (χ1n) is 3.11. The van der Waals surface area contributed by atoms with Gasteiger partial charge in [0.25, 0.3) is 0 Å². The summed E-state index contributed by atoms with van der Waals surface area (Å²) in [4.78, 5) is 0. The molecule has 0 atom stereocenters. The van der Waals surface area contributed by atoms with Crippen molar-refractivity contribution in [3.8, 4) is 0 Å². The Morgan fingerprint density at radius 2 is 2.22 bits per heavy atom. The van der Waals surface area contributed by atoms with Gasteiger partial charge >= 0.3 is 0 Å². The molecule has 0 radical (unpaired) electrons. The summed E-state index contributed by atoms with van der Waals surface area (Å²) in [7, 11) is 1.79. The molecule has 0 bridgehead atoms. The van der Waals surface area contributed by atoms with E-state index in [0.29, 0.717) is 0 Å². The molecule has 0 aromatic carbocycles. The van der Waals surface area contributed by atoms with Crippen LogP contribution in [0.3, 0.4) is 0 Å². The van der Waals surface area contributed by atoms with Crippen molar-refractivity contribution in [1.29, 1.82) is 0 Å². The SMILES string of the molecule is CCC/C(=C/N)N(C)N. The lowest BCUT2D eigenvalue weighted by molar-refractivity contribution is 0.418. The first-order valence-corrected chi connectivity index (χ1v) is 3.11. The molecule has 3 heteroatoms. The number of nitrogens with two attached hydrogens (primary N) is 2. The Balaban J connectivity index is 3.70. The lowest BCUT2D eigenvalue weighted by Gasteiger charge is -2.14. The molecule has 0 aromatic rings. The molecule has 0 aliphatic carbocycles. The molecule has 0 amide bonds. The van der Waals surface area contributed by atoms with Crippen molar-refractivity contribution < 1.29 is 0 Å². The van der Waals surface area contributed by atoms with Crippen molar-refractivity contribution in [3.63, 3.8) is 0 Å². The number of hydrogen-bond acceptors (Lipinski definition) is 3. The van der Waals surface area contributed by atoms with Crippen LogP contribution in [0.2, 0.25) is 0 Å². The van der Waals surface area contributed by atoms with Gasteiger partial charge in [-0.25, -0.2) is 5.84 Å². The maximum Gasteiger partial charge on any atom is 0.0442 e. The van der Waals surface area contributed by atoms with E-state index in [1.54, 1.807) is 18.3 Å². The lowest BCUT2D eigenvalue weighted by atomic mass is 10.3. The molecule has 0 heterocycles. The Labute approximate surface area is 56.3 Å². The molecule has 4 N–H and O–H groups in total. The van der Waals surface area contributed by atoms with E-state index in [0.717, 1.165) is 18.5 Å².